The van der Waals surface area contributed by atoms with Gasteiger partial charge in [-0.2, -0.15) is 0 Å². The molecular weight excluding hydrogens is 1470 g/mol. The van der Waals surface area contributed by atoms with Crippen molar-refractivity contribution < 1.29 is 17.8 Å². The molecule has 0 aliphatic carbocycles. The molecule has 0 saturated carbocycles. The second-order valence-electron chi connectivity index (χ2n) is 45.1. The first-order valence-corrected chi connectivity index (χ1v) is 43.9. The minimum atomic E-state index is -0.771. The summed E-state index contributed by atoms with van der Waals surface area (Å²) in [6, 6.07) is 59.2. The predicted molar refractivity (Wildman–Crippen MR) is 534 cm³/mol. The van der Waals surface area contributed by atoms with E-state index in [4.69, 9.17) is 1.37 Å². The second-order valence-corrected chi connectivity index (χ2v) is 45.1. The zero-order chi connectivity index (χ0) is 99.1. The lowest BCUT2D eigenvalue weighted by Gasteiger charge is -2.46. The fourth-order valence-electron chi connectivity index (χ4n) is 18.2. The van der Waals surface area contributed by atoms with Crippen molar-refractivity contribution in [2.75, 3.05) is 9.80 Å². The van der Waals surface area contributed by atoms with Gasteiger partial charge in [0, 0.05) is 55.8 Å². The highest BCUT2D eigenvalue weighted by Crippen LogP contribution is 2.58. The highest BCUT2D eigenvalue weighted by molar-refractivity contribution is 7.00. The average molecular weight is 1620 g/mol. The Balaban J connectivity index is 1.26. The molecule has 14 aromatic rings. The standard InChI is InChI=1S/C118H132BN3/c1-109(2,3)79-50-44-74(45-51-79)91-66-85(115(19,20)21)68-94(88-56-54-82(112(10,11)12)70-97(88)118(28,29)30)107(91)121-102-62-76(73-38-32-31-33-39-73)48-58-98(102)119-99-59-49-77(78-60-83(113(13,14)15)64-84(61-78)114(16,17)18)63-103(99)122(105-72-87(71-104(121)106(105)119)120-100-42-36-34-40-89(100)90-41-35-37-43-101(90)120)108-92(75-46-52-80(53-47-75)110(4,5)6)67-86(116(22,23)24)69-95(108)93-65-81(111(7,8)9)55-57-96(93)117(25,26)27/h31-72H,1-30H3/i31D,32D,33D,34D,35D,36D,37D,38D,39D,40D,41D,42D,43D. The lowest BCUT2D eigenvalue weighted by Crippen LogP contribution is -2.61. The van der Waals surface area contributed by atoms with Gasteiger partial charge < -0.3 is 14.4 Å². The van der Waals surface area contributed by atoms with Crippen LogP contribution in [-0.4, -0.2) is 11.3 Å². The van der Waals surface area contributed by atoms with Gasteiger partial charge in [0.1, 0.15) is 0 Å². The van der Waals surface area contributed by atoms with Crippen LogP contribution in [0.1, 0.15) is 281 Å². The van der Waals surface area contributed by atoms with Crippen LogP contribution in [0.15, 0.2) is 254 Å². The maximum atomic E-state index is 10.5. The SMILES string of the molecule is [2H]c1c([2H])c([2H])c(-c2ccc3c(c2)N(c2c(-c4ccc(C(C)(C)C)cc4)cc(C(C)(C)C)cc2-c2ccc(C(C)(C)C)cc2C(C)(C)C)c2cc(-n4c5c([2H])c([2H])c([2H])c([2H])c5c5c([2H])c([2H])c([2H])c([2H])c54)cc4c2B3c2ccc(-c3cc(C(C)(C)C)cc(C(C)(C)C)c3)cc2N4c2c(-c3ccc(C(C)(C)C)cc3)cc(C(C)(C)C)cc2-c2cc(C(C)(C)C)ccc2C(C)(C)C)c([2H])c1[2H]. The average Bonchev–Trinajstić information content (AvgIpc) is 1.60. The number of para-hydroxylation sites is 2. The first-order valence-electron chi connectivity index (χ1n) is 50.4. The number of benzene rings is 13. The maximum absolute atomic E-state index is 10.5. The van der Waals surface area contributed by atoms with E-state index < -0.39 is 94.8 Å². The summed E-state index contributed by atoms with van der Waals surface area (Å²) in [5.74, 6) is 0. The summed E-state index contributed by atoms with van der Waals surface area (Å²) in [6.07, 6.45) is 0. The molecule has 4 heteroatoms. The monoisotopic (exact) mass is 1620 g/mol. The van der Waals surface area contributed by atoms with Crippen LogP contribution in [0.5, 0.6) is 0 Å². The molecule has 3 heterocycles. The Bertz CT molecular complexity index is 7140. The quantitative estimate of drug-likeness (QED) is 0.133. The van der Waals surface area contributed by atoms with Crippen LogP contribution < -0.4 is 26.2 Å². The lowest BCUT2D eigenvalue weighted by atomic mass is 9.33. The highest BCUT2D eigenvalue weighted by atomic mass is 15.2. The topological polar surface area (TPSA) is 11.4 Å². The van der Waals surface area contributed by atoms with Crippen LogP contribution in [0.25, 0.3) is 94.3 Å². The van der Waals surface area contributed by atoms with Gasteiger partial charge in [-0.3, -0.25) is 0 Å². The van der Waals surface area contributed by atoms with E-state index >= 15 is 0 Å². The number of nitrogens with zero attached hydrogens (tertiary/aromatic N) is 3. The molecule has 0 N–H and O–H groups in total. The van der Waals surface area contributed by atoms with E-state index in [0.717, 1.165) is 139 Å². The van der Waals surface area contributed by atoms with Crippen LogP contribution in [0.4, 0.5) is 34.1 Å². The van der Waals surface area contributed by atoms with Crippen LogP contribution in [-0.2, 0) is 54.1 Å². The molecule has 2 aliphatic heterocycles. The van der Waals surface area contributed by atoms with E-state index in [-0.39, 0.29) is 77.6 Å². The van der Waals surface area contributed by atoms with Gasteiger partial charge in [0.05, 0.1) is 45.9 Å². The van der Waals surface area contributed by atoms with Crippen molar-refractivity contribution in [3.05, 3.63) is 310 Å². The van der Waals surface area contributed by atoms with Crippen molar-refractivity contribution in [3.8, 4) is 72.4 Å². The molecule has 122 heavy (non-hydrogen) atoms. The third kappa shape index (κ3) is 15.5. The Morgan fingerprint density at radius 3 is 0.992 bits per heavy atom. The van der Waals surface area contributed by atoms with E-state index in [2.05, 4.69) is 381 Å². The predicted octanol–water partition coefficient (Wildman–Crippen LogP) is 31.8. The molecule has 0 unspecified atom stereocenters. The molecule has 0 bridgehead atoms. The van der Waals surface area contributed by atoms with Crippen molar-refractivity contribution in [2.45, 2.75) is 262 Å². The number of aromatic nitrogens is 1. The molecule has 0 amide bonds. The van der Waals surface area contributed by atoms with Gasteiger partial charge in [0.2, 0.25) is 0 Å². The largest absolute Gasteiger partial charge is 0.310 e. The van der Waals surface area contributed by atoms with E-state index in [1.807, 2.05) is 12.1 Å². The summed E-state index contributed by atoms with van der Waals surface area (Å²) in [7, 11) is 0. The van der Waals surface area contributed by atoms with Gasteiger partial charge in [-0.05, 0) is 231 Å². The molecular formula is C118H132BN3. The number of hydrogen-bond acceptors (Lipinski definition) is 2. The molecule has 0 fully saturated rings. The Hall–Kier alpha value is -10.7. The number of anilines is 6. The van der Waals surface area contributed by atoms with Gasteiger partial charge in [0.15, 0.2) is 0 Å². The molecule has 3 nitrogen and oxygen atoms in total. The Morgan fingerprint density at radius 1 is 0.230 bits per heavy atom. The lowest BCUT2D eigenvalue weighted by molar-refractivity contribution is 0.568. The molecule has 2 aliphatic rings. The summed E-state index contributed by atoms with van der Waals surface area (Å²) in [5, 5.41) is -0.166. The Labute approximate surface area is 751 Å². The number of fused-ring (bicyclic) bond motifs is 7. The van der Waals surface area contributed by atoms with Gasteiger partial charge >= 0.3 is 0 Å². The van der Waals surface area contributed by atoms with Crippen molar-refractivity contribution in [3.63, 3.8) is 0 Å². The Morgan fingerprint density at radius 2 is 0.574 bits per heavy atom. The number of rotatable bonds is 9. The normalized spacial score (nSPS) is 15.3. The van der Waals surface area contributed by atoms with Gasteiger partial charge in [-0.1, -0.05) is 402 Å². The summed E-state index contributed by atoms with van der Waals surface area (Å²) >= 11 is 0. The molecule has 0 atom stereocenters. The molecule has 0 spiro atoms. The van der Waals surface area contributed by atoms with Crippen LogP contribution in [0, 0.1) is 0 Å². The summed E-state index contributed by atoms with van der Waals surface area (Å²) in [5.41, 5.74) is 23.7. The van der Waals surface area contributed by atoms with Crippen molar-refractivity contribution in [1.29, 1.82) is 0 Å². The van der Waals surface area contributed by atoms with Gasteiger partial charge in [-0.25, -0.2) is 0 Å². The zero-order valence-electron chi connectivity index (χ0n) is 91.2. The summed E-state index contributed by atoms with van der Waals surface area (Å²) in [4.78, 5) is 4.83. The van der Waals surface area contributed by atoms with Gasteiger partial charge in [0.25, 0.3) is 6.71 Å². The van der Waals surface area contributed by atoms with E-state index in [1.54, 1.807) is 4.57 Å². The minimum Gasteiger partial charge on any atom is -0.310 e. The smallest absolute Gasteiger partial charge is 0.252 e. The fourth-order valence-corrected chi connectivity index (χ4v) is 18.2. The van der Waals surface area contributed by atoms with Crippen molar-refractivity contribution in [1.82, 2.24) is 4.57 Å². The fraction of sp³-hybridized carbons (Fsp3) is 0.339. The zero-order valence-corrected chi connectivity index (χ0v) is 78.2. The Kier molecular flexibility index (Phi) is 16.9. The summed E-state index contributed by atoms with van der Waals surface area (Å²) in [6.45, 7) is 66.9. The molecule has 1 aromatic heterocycles. The maximum Gasteiger partial charge on any atom is 0.252 e. The molecule has 0 radical (unpaired) electrons. The van der Waals surface area contributed by atoms with Crippen LogP contribution >= 0.6 is 0 Å². The molecule has 0 saturated heterocycles. The summed E-state index contributed by atoms with van der Waals surface area (Å²) < 4.78 is 130. The third-order valence-corrected chi connectivity index (χ3v) is 25.6. The number of hydrogen-bond donors (Lipinski definition) is 0. The van der Waals surface area contributed by atoms with Crippen molar-refractivity contribution >= 4 is 79.0 Å². The van der Waals surface area contributed by atoms with Crippen molar-refractivity contribution in [2.24, 2.45) is 0 Å². The van der Waals surface area contributed by atoms with Crippen LogP contribution in [0.3, 0.4) is 0 Å². The first kappa shape index (κ1) is 69.8. The third-order valence-electron chi connectivity index (χ3n) is 25.6. The minimum absolute atomic E-state index is 0.00181. The highest BCUT2D eigenvalue weighted by Gasteiger charge is 2.47. The second kappa shape index (κ2) is 29.5. The van der Waals surface area contributed by atoms with E-state index in [1.165, 1.54) is 0 Å². The van der Waals surface area contributed by atoms with Crippen LogP contribution in [0.2, 0.25) is 0 Å². The van der Waals surface area contributed by atoms with Gasteiger partial charge in [-0.15, -0.1) is 0 Å². The first-order chi connectivity index (χ1) is 62.2. The molecule has 13 aromatic carbocycles. The van der Waals surface area contributed by atoms with E-state index in [0.29, 0.717) is 28.3 Å². The molecule has 622 valence electrons. The molecule has 16 rings (SSSR count). The van der Waals surface area contributed by atoms with E-state index in [9.17, 15) is 16.4 Å².